The fourth-order valence-corrected chi connectivity index (χ4v) is 3.50. The molecule has 142 valence electrons. The van der Waals surface area contributed by atoms with Crippen molar-refractivity contribution in [3.63, 3.8) is 0 Å². The van der Waals surface area contributed by atoms with Crippen molar-refractivity contribution in [2.75, 3.05) is 11.9 Å². The average molecular weight is 367 g/mol. The van der Waals surface area contributed by atoms with Crippen LogP contribution in [0.25, 0.3) is 0 Å². The van der Waals surface area contributed by atoms with E-state index in [4.69, 9.17) is 0 Å². The van der Waals surface area contributed by atoms with E-state index in [9.17, 15) is 9.59 Å². The molecular formula is C20H25N5O2. The second-order valence-corrected chi connectivity index (χ2v) is 7.40. The molecule has 2 aromatic rings. The summed E-state index contributed by atoms with van der Waals surface area (Å²) in [6, 6.07) is 10.8. The van der Waals surface area contributed by atoms with E-state index in [-0.39, 0.29) is 30.3 Å². The number of piperidine rings is 1. The molecule has 2 aliphatic rings. The van der Waals surface area contributed by atoms with Crippen molar-refractivity contribution in [3.8, 4) is 0 Å². The Labute approximate surface area is 158 Å². The van der Waals surface area contributed by atoms with E-state index in [0.717, 1.165) is 32.2 Å². The van der Waals surface area contributed by atoms with Gasteiger partial charge in [0.15, 0.2) is 0 Å². The standard InChI is InChI=1S/C20H25N5O2/c26-19(23-16-6-7-16)13-25-12-17(11-22-25)24-20(27)15-8-9-21-18(10-15)14-4-2-1-3-5-14/h1-5,11-12,15-16,18,21H,6-10,13H2,(H,23,26)(H,24,27)/t15-,18+/m1/s1. The second-order valence-electron chi connectivity index (χ2n) is 7.40. The smallest absolute Gasteiger partial charge is 0.241 e. The quantitative estimate of drug-likeness (QED) is 0.727. The molecule has 0 spiro atoms. The molecule has 0 bridgehead atoms. The first-order chi connectivity index (χ1) is 13.2. The predicted octanol–water partition coefficient (Wildman–Crippen LogP) is 1.84. The van der Waals surface area contributed by atoms with E-state index < -0.39 is 0 Å². The number of rotatable bonds is 6. The number of benzene rings is 1. The number of carbonyl (C=O) groups is 2. The van der Waals surface area contributed by atoms with Gasteiger partial charge in [-0.15, -0.1) is 0 Å². The SMILES string of the molecule is O=C(Cn1cc(NC(=O)[C@@H]2CCN[C@H](c3ccccc3)C2)cn1)NC1CC1. The van der Waals surface area contributed by atoms with Crippen molar-refractivity contribution >= 4 is 17.5 Å². The fraction of sp³-hybridized carbons (Fsp3) is 0.450. The van der Waals surface area contributed by atoms with Gasteiger partial charge in [0, 0.05) is 24.2 Å². The van der Waals surface area contributed by atoms with Gasteiger partial charge in [0.25, 0.3) is 0 Å². The van der Waals surface area contributed by atoms with Crippen LogP contribution >= 0.6 is 0 Å². The molecule has 1 aliphatic carbocycles. The first-order valence-electron chi connectivity index (χ1n) is 9.58. The van der Waals surface area contributed by atoms with Crippen molar-refractivity contribution in [3.05, 3.63) is 48.3 Å². The summed E-state index contributed by atoms with van der Waals surface area (Å²) in [6.45, 7) is 0.994. The van der Waals surface area contributed by atoms with Gasteiger partial charge < -0.3 is 16.0 Å². The molecule has 2 fully saturated rings. The Balaban J connectivity index is 1.31. The third-order valence-corrected chi connectivity index (χ3v) is 5.13. The van der Waals surface area contributed by atoms with Gasteiger partial charge in [0.2, 0.25) is 11.8 Å². The lowest BCUT2D eigenvalue weighted by molar-refractivity contribution is -0.122. The molecule has 4 rings (SSSR count). The highest BCUT2D eigenvalue weighted by atomic mass is 16.2. The molecule has 3 N–H and O–H groups in total. The first kappa shape index (κ1) is 17.7. The number of hydrogen-bond acceptors (Lipinski definition) is 4. The largest absolute Gasteiger partial charge is 0.352 e. The minimum Gasteiger partial charge on any atom is -0.352 e. The van der Waals surface area contributed by atoms with Gasteiger partial charge in [0.05, 0.1) is 11.9 Å². The van der Waals surface area contributed by atoms with Crippen LogP contribution in [0.2, 0.25) is 0 Å². The second kappa shape index (κ2) is 7.92. The Kier molecular flexibility index (Phi) is 5.20. The molecule has 1 saturated heterocycles. The van der Waals surface area contributed by atoms with Crippen molar-refractivity contribution in [2.24, 2.45) is 5.92 Å². The van der Waals surface area contributed by atoms with E-state index in [1.54, 1.807) is 17.1 Å². The van der Waals surface area contributed by atoms with E-state index >= 15 is 0 Å². The van der Waals surface area contributed by atoms with Crippen molar-refractivity contribution in [1.29, 1.82) is 0 Å². The van der Waals surface area contributed by atoms with Crippen LogP contribution in [-0.4, -0.2) is 34.2 Å². The maximum atomic E-state index is 12.7. The van der Waals surface area contributed by atoms with Crippen LogP contribution in [0.1, 0.15) is 37.3 Å². The summed E-state index contributed by atoms with van der Waals surface area (Å²) in [7, 11) is 0. The van der Waals surface area contributed by atoms with Gasteiger partial charge in [0.1, 0.15) is 6.54 Å². The predicted molar refractivity (Wildman–Crippen MR) is 102 cm³/mol. The summed E-state index contributed by atoms with van der Waals surface area (Å²) in [6.07, 6.45) is 7.01. The Hall–Kier alpha value is -2.67. The maximum Gasteiger partial charge on any atom is 0.241 e. The van der Waals surface area contributed by atoms with Crippen molar-refractivity contribution in [1.82, 2.24) is 20.4 Å². The van der Waals surface area contributed by atoms with Crippen LogP contribution in [0.5, 0.6) is 0 Å². The van der Waals surface area contributed by atoms with E-state index in [0.29, 0.717) is 11.7 Å². The molecule has 0 radical (unpaired) electrons. The van der Waals surface area contributed by atoms with Crippen LogP contribution < -0.4 is 16.0 Å². The van der Waals surface area contributed by atoms with Gasteiger partial charge in [-0.25, -0.2) is 0 Å². The summed E-state index contributed by atoms with van der Waals surface area (Å²) in [4.78, 5) is 24.5. The van der Waals surface area contributed by atoms with Crippen LogP contribution in [0.3, 0.4) is 0 Å². The number of aromatic nitrogens is 2. The van der Waals surface area contributed by atoms with Gasteiger partial charge in [-0.3, -0.25) is 14.3 Å². The lowest BCUT2D eigenvalue weighted by Crippen LogP contribution is -2.37. The van der Waals surface area contributed by atoms with Gasteiger partial charge in [-0.05, 0) is 37.8 Å². The van der Waals surface area contributed by atoms with Crippen molar-refractivity contribution < 1.29 is 9.59 Å². The third kappa shape index (κ3) is 4.74. The monoisotopic (exact) mass is 367 g/mol. The zero-order valence-electron chi connectivity index (χ0n) is 15.2. The molecule has 7 nitrogen and oxygen atoms in total. The minimum atomic E-state index is -0.0435. The molecule has 2 atom stereocenters. The van der Waals surface area contributed by atoms with Gasteiger partial charge in [-0.2, -0.15) is 5.10 Å². The minimum absolute atomic E-state index is 0.0133. The van der Waals surface area contributed by atoms with Gasteiger partial charge >= 0.3 is 0 Å². The summed E-state index contributed by atoms with van der Waals surface area (Å²) >= 11 is 0. The zero-order valence-corrected chi connectivity index (χ0v) is 15.2. The number of anilines is 1. The maximum absolute atomic E-state index is 12.7. The number of carbonyl (C=O) groups excluding carboxylic acids is 2. The lowest BCUT2D eigenvalue weighted by Gasteiger charge is -2.29. The average Bonchev–Trinajstić information content (AvgIpc) is 3.40. The topological polar surface area (TPSA) is 88.1 Å². The number of nitrogens with one attached hydrogen (secondary N) is 3. The molecule has 1 aromatic heterocycles. The Bertz CT molecular complexity index is 800. The first-order valence-corrected chi connectivity index (χ1v) is 9.58. The summed E-state index contributed by atoms with van der Waals surface area (Å²) in [5.41, 5.74) is 1.85. The molecule has 1 aliphatic heterocycles. The van der Waals surface area contributed by atoms with E-state index in [1.807, 2.05) is 18.2 Å². The highest BCUT2D eigenvalue weighted by Gasteiger charge is 2.28. The zero-order chi connectivity index (χ0) is 18.6. The van der Waals surface area contributed by atoms with Crippen LogP contribution in [0.15, 0.2) is 42.7 Å². The number of hydrogen-bond donors (Lipinski definition) is 3. The molecule has 7 heteroatoms. The molecule has 2 amide bonds. The molecule has 1 aromatic carbocycles. The van der Waals surface area contributed by atoms with Crippen molar-refractivity contribution in [2.45, 2.75) is 44.3 Å². The number of nitrogens with zero attached hydrogens (tertiary/aromatic N) is 2. The third-order valence-electron chi connectivity index (χ3n) is 5.13. The van der Waals surface area contributed by atoms with Crippen LogP contribution in [0, 0.1) is 5.92 Å². The van der Waals surface area contributed by atoms with Crippen LogP contribution in [-0.2, 0) is 16.1 Å². The summed E-state index contributed by atoms with van der Waals surface area (Å²) in [5, 5.41) is 13.5. The molecule has 1 saturated carbocycles. The number of amides is 2. The molecule has 2 heterocycles. The molecule has 0 unspecified atom stereocenters. The summed E-state index contributed by atoms with van der Waals surface area (Å²) in [5.74, 6) is -0.0695. The Morgan fingerprint density at radius 1 is 1.19 bits per heavy atom. The van der Waals surface area contributed by atoms with Crippen LogP contribution in [0.4, 0.5) is 5.69 Å². The Morgan fingerprint density at radius 2 is 2.00 bits per heavy atom. The van der Waals surface area contributed by atoms with E-state index in [2.05, 4.69) is 33.2 Å². The van der Waals surface area contributed by atoms with E-state index in [1.165, 1.54) is 5.56 Å². The highest BCUT2D eigenvalue weighted by molar-refractivity contribution is 5.92. The summed E-state index contributed by atoms with van der Waals surface area (Å²) < 4.78 is 1.56. The fourth-order valence-electron chi connectivity index (χ4n) is 3.50. The normalized spacial score (nSPS) is 22.2. The lowest BCUT2D eigenvalue weighted by atomic mass is 9.88. The highest BCUT2D eigenvalue weighted by Crippen LogP contribution is 2.28. The van der Waals surface area contributed by atoms with Gasteiger partial charge in [-0.1, -0.05) is 30.3 Å². The Morgan fingerprint density at radius 3 is 2.78 bits per heavy atom. The molecule has 27 heavy (non-hydrogen) atoms. The molecular weight excluding hydrogens is 342 g/mol.